The molecule has 1 aromatic carbocycles. The second kappa shape index (κ2) is 4.72. The highest BCUT2D eigenvalue weighted by molar-refractivity contribution is 6.30. The standard InChI is InChI=1S/C13H13ClN2O/c1-8-4-6-11(7-5-8)17-13-10(3)9(2)12(14)15-16-13/h4-7H,1-3H3. The molecule has 0 fully saturated rings. The van der Waals surface area contributed by atoms with E-state index in [0.29, 0.717) is 11.0 Å². The number of ether oxygens (including phenoxy) is 1. The van der Waals surface area contributed by atoms with Gasteiger partial charge in [-0.25, -0.2) is 0 Å². The van der Waals surface area contributed by atoms with Crippen molar-refractivity contribution in [3.8, 4) is 11.6 Å². The monoisotopic (exact) mass is 248 g/mol. The lowest BCUT2D eigenvalue weighted by Crippen LogP contribution is -1.97. The number of nitrogens with zero attached hydrogens (tertiary/aromatic N) is 2. The van der Waals surface area contributed by atoms with Crippen molar-refractivity contribution in [2.24, 2.45) is 0 Å². The van der Waals surface area contributed by atoms with Crippen molar-refractivity contribution in [2.75, 3.05) is 0 Å². The molecular formula is C13H13ClN2O. The maximum absolute atomic E-state index is 5.88. The quantitative estimate of drug-likeness (QED) is 0.810. The van der Waals surface area contributed by atoms with Gasteiger partial charge in [0.15, 0.2) is 5.15 Å². The summed E-state index contributed by atoms with van der Waals surface area (Å²) < 4.78 is 5.67. The Hall–Kier alpha value is -1.61. The summed E-state index contributed by atoms with van der Waals surface area (Å²) in [6, 6.07) is 7.78. The van der Waals surface area contributed by atoms with Crippen LogP contribution in [-0.4, -0.2) is 10.2 Å². The van der Waals surface area contributed by atoms with E-state index in [2.05, 4.69) is 10.2 Å². The summed E-state index contributed by atoms with van der Waals surface area (Å²) in [6.07, 6.45) is 0. The van der Waals surface area contributed by atoms with Crippen LogP contribution in [0.5, 0.6) is 11.6 Å². The summed E-state index contributed by atoms with van der Waals surface area (Å²) in [5, 5.41) is 8.21. The zero-order chi connectivity index (χ0) is 12.4. The van der Waals surface area contributed by atoms with Crippen LogP contribution in [0.3, 0.4) is 0 Å². The second-order valence-corrected chi connectivity index (χ2v) is 4.32. The molecule has 0 spiro atoms. The highest BCUT2D eigenvalue weighted by atomic mass is 35.5. The number of aromatic nitrogens is 2. The van der Waals surface area contributed by atoms with Gasteiger partial charge in [-0.1, -0.05) is 29.3 Å². The van der Waals surface area contributed by atoms with Gasteiger partial charge >= 0.3 is 0 Å². The molecule has 0 aliphatic rings. The molecule has 0 saturated carbocycles. The molecular weight excluding hydrogens is 236 g/mol. The Morgan fingerprint density at radius 1 is 0.941 bits per heavy atom. The van der Waals surface area contributed by atoms with Crippen LogP contribution in [0.4, 0.5) is 0 Å². The fourth-order valence-corrected chi connectivity index (χ4v) is 1.55. The first-order valence-corrected chi connectivity index (χ1v) is 5.69. The molecule has 3 nitrogen and oxygen atoms in total. The van der Waals surface area contributed by atoms with Gasteiger partial charge in [0, 0.05) is 5.56 Å². The molecule has 0 atom stereocenters. The molecule has 2 aromatic rings. The molecule has 88 valence electrons. The van der Waals surface area contributed by atoms with Crippen molar-refractivity contribution in [3.05, 3.63) is 46.1 Å². The Kier molecular flexibility index (Phi) is 3.29. The SMILES string of the molecule is Cc1ccc(Oc2nnc(Cl)c(C)c2C)cc1. The number of hydrogen-bond acceptors (Lipinski definition) is 3. The van der Waals surface area contributed by atoms with E-state index in [1.165, 1.54) is 5.56 Å². The van der Waals surface area contributed by atoms with Crippen LogP contribution in [0, 0.1) is 20.8 Å². The van der Waals surface area contributed by atoms with Crippen molar-refractivity contribution in [1.29, 1.82) is 0 Å². The van der Waals surface area contributed by atoms with Crippen molar-refractivity contribution in [2.45, 2.75) is 20.8 Å². The molecule has 0 bridgehead atoms. The van der Waals surface area contributed by atoms with Crippen LogP contribution in [0.15, 0.2) is 24.3 Å². The van der Waals surface area contributed by atoms with Crippen LogP contribution in [0.2, 0.25) is 5.15 Å². The van der Waals surface area contributed by atoms with Gasteiger partial charge < -0.3 is 4.74 Å². The van der Waals surface area contributed by atoms with Crippen molar-refractivity contribution in [3.63, 3.8) is 0 Å². The molecule has 0 N–H and O–H groups in total. The van der Waals surface area contributed by atoms with Gasteiger partial charge in [0.25, 0.3) is 0 Å². The molecule has 4 heteroatoms. The van der Waals surface area contributed by atoms with Crippen LogP contribution < -0.4 is 4.74 Å². The van der Waals surface area contributed by atoms with E-state index in [9.17, 15) is 0 Å². The first-order chi connectivity index (χ1) is 8.08. The largest absolute Gasteiger partial charge is 0.437 e. The molecule has 0 saturated heterocycles. The molecule has 0 unspecified atom stereocenters. The third kappa shape index (κ3) is 2.56. The zero-order valence-electron chi connectivity index (χ0n) is 9.99. The lowest BCUT2D eigenvalue weighted by Gasteiger charge is -2.09. The number of rotatable bonds is 2. The zero-order valence-corrected chi connectivity index (χ0v) is 10.7. The number of hydrogen-bond donors (Lipinski definition) is 0. The average molecular weight is 249 g/mol. The summed E-state index contributed by atoms with van der Waals surface area (Å²) >= 11 is 5.88. The third-order valence-electron chi connectivity index (χ3n) is 2.66. The molecule has 1 aromatic heterocycles. The summed E-state index contributed by atoms with van der Waals surface area (Å²) in [5.74, 6) is 1.24. The minimum absolute atomic E-state index is 0.416. The van der Waals surface area contributed by atoms with Crippen LogP contribution in [0.25, 0.3) is 0 Å². The van der Waals surface area contributed by atoms with Crippen LogP contribution in [-0.2, 0) is 0 Å². The Balaban J connectivity index is 2.30. The van der Waals surface area contributed by atoms with E-state index in [-0.39, 0.29) is 0 Å². The normalized spacial score (nSPS) is 10.4. The third-order valence-corrected chi connectivity index (χ3v) is 3.02. The van der Waals surface area contributed by atoms with E-state index in [4.69, 9.17) is 16.3 Å². The summed E-state index contributed by atoms with van der Waals surface area (Å²) in [5.41, 5.74) is 2.99. The number of halogens is 1. The molecule has 17 heavy (non-hydrogen) atoms. The summed E-state index contributed by atoms with van der Waals surface area (Å²) in [6.45, 7) is 5.84. The Morgan fingerprint density at radius 3 is 2.24 bits per heavy atom. The van der Waals surface area contributed by atoms with Gasteiger partial charge in [-0.05, 0) is 38.5 Å². The van der Waals surface area contributed by atoms with Gasteiger partial charge in [0.05, 0.1) is 0 Å². The maximum atomic E-state index is 5.88. The topological polar surface area (TPSA) is 35.0 Å². The van der Waals surface area contributed by atoms with Crippen molar-refractivity contribution in [1.82, 2.24) is 10.2 Å². The molecule has 0 radical (unpaired) electrons. The van der Waals surface area contributed by atoms with Crippen LogP contribution >= 0.6 is 11.6 Å². The summed E-state index contributed by atoms with van der Waals surface area (Å²) in [4.78, 5) is 0. The predicted octanol–water partition coefficient (Wildman–Crippen LogP) is 3.85. The summed E-state index contributed by atoms with van der Waals surface area (Å²) in [7, 11) is 0. The highest BCUT2D eigenvalue weighted by Gasteiger charge is 2.09. The van der Waals surface area contributed by atoms with E-state index >= 15 is 0 Å². The van der Waals surface area contributed by atoms with Crippen LogP contribution in [0.1, 0.15) is 16.7 Å². The fraction of sp³-hybridized carbons (Fsp3) is 0.231. The Morgan fingerprint density at radius 2 is 1.59 bits per heavy atom. The smallest absolute Gasteiger partial charge is 0.242 e. The first-order valence-electron chi connectivity index (χ1n) is 5.32. The van der Waals surface area contributed by atoms with Gasteiger partial charge in [0.2, 0.25) is 5.88 Å². The average Bonchev–Trinajstić information content (AvgIpc) is 2.33. The first kappa shape index (κ1) is 11.9. The molecule has 0 amide bonds. The maximum Gasteiger partial charge on any atom is 0.242 e. The Labute approximate surface area is 105 Å². The molecule has 0 aliphatic heterocycles. The fourth-order valence-electron chi connectivity index (χ4n) is 1.37. The van der Waals surface area contributed by atoms with Crippen molar-refractivity contribution >= 4 is 11.6 Å². The van der Waals surface area contributed by atoms with Gasteiger partial charge in [-0.15, -0.1) is 10.2 Å². The van der Waals surface area contributed by atoms with Crippen molar-refractivity contribution < 1.29 is 4.74 Å². The lowest BCUT2D eigenvalue weighted by molar-refractivity contribution is 0.450. The predicted molar refractivity (Wildman–Crippen MR) is 67.8 cm³/mol. The molecule has 2 rings (SSSR count). The molecule has 1 heterocycles. The number of aryl methyl sites for hydroxylation is 1. The lowest BCUT2D eigenvalue weighted by atomic mass is 10.2. The van der Waals surface area contributed by atoms with Gasteiger partial charge in [0.1, 0.15) is 5.75 Å². The highest BCUT2D eigenvalue weighted by Crippen LogP contribution is 2.26. The second-order valence-electron chi connectivity index (χ2n) is 3.96. The van der Waals surface area contributed by atoms with Gasteiger partial charge in [-0.3, -0.25) is 0 Å². The Bertz CT molecular complexity index is 538. The van der Waals surface area contributed by atoms with E-state index in [1.807, 2.05) is 45.0 Å². The van der Waals surface area contributed by atoms with E-state index in [0.717, 1.165) is 16.9 Å². The minimum Gasteiger partial charge on any atom is -0.437 e. The van der Waals surface area contributed by atoms with E-state index < -0.39 is 0 Å². The number of benzene rings is 1. The molecule has 0 aliphatic carbocycles. The van der Waals surface area contributed by atoms with Gasteiger partial charge in [-0.2, -0.15) is 0 Å². The van der Waals surface area contributed by atoms with E-state index in [1.54, 1.807) is 0 Å². The minimum atomic E-state index is 0.416.